The van der Waals surface area contributed by atoms with Gasteiger partial charge in [-0.2, -0.15) is 0 Å². The zero-order valence-corrected chi connectivity index (χ0v) is 42.2. The average molecular weight is 1050 g/mol. The lowest BCUT2D eigenvalue weighted by Gasteiger charge is -2.00. The first-order chi connectivity index (χ1) is 33.2. The van der Waals surface area contributed by atoms with Gasteiger partial charge >= 0.3 is 11.9 Å². The van der Waals surface area contributed by atoms with Crippen LogP contribution < -0.4 is 0 Å². The Balaban J connectivity index is -0.0000000881. The molecule has 0 aliphatic heterocycles. The van der Waals surface area contributed by atoms with Crippen LogP contribution >= 0.6 is 0 Å². The van der Waals surface area contributed by atoms with Gasteiger partial charge in [0.05, 0.1) is 92.5 Å². The molecule has 25 heteroatoms. The fourth-order valence-corrected chi connectivity index (χ4v) is 3.58. The molecule has 0 heterocycles. The summed E-state index contributed by atoms with van der Waals surface area (Å²) >= 11 is 0. The van der Waals surface area contributed by atoms with Crippen molar-refractivity contribution in [2.75, 3.05) is 92.5 Å². The first-order valence-corrected chi connectivity index (χ1v) is 23.9. The van der Waals surface area contributed by atoms with E-state index in [0.29, 0.717) is 12.8 Å². The van der Waals surface area contributed by atoms with Gasteiger partial charge in [0.25, 0.3) is 0 Å². The smallest absolute Gasteiger partial charge is 0.303 e. The second-order valence-electron chi connectivity index (χ2n) is 15.1. The minimum atomic E-state index is -0.954. The second-order valence-corrected chi connectivity index (χ2v) is 15.1. The van der Waals surface area contributed by atoms with Crippen molar-refractivity contribution >= 4 is 11.9 Å². The minimum absolute atomic E-state index is 0.343. The number of hydrogen-bond acceptors (Lipinski definition) is 23. The summed E-state index contributed by atoms with van der Waals surface area (Å²) in [4.78, 5) is 20.4. The maximum absolute atomic E-state index is 10.2. The highest BCUT2D eigenvalue weighted by Gasteiger charge is 1.99. The topological polar surface area (TPSA) is 499 Å². The summed E-state index contributed by atoms with van der Waals surface area (Å²) in [6.45, 7) is -0.648. The molecule has 0 atom stereocenters. The van der Waals surface area contributed by atoms with Crippen LogP contribution in [0.4, 0.5) is 0 Å². The highest BCUT2D eigenvalue weighted by Crippen LogP contribution is 2.11. The Labute approximate surface area is 415 Å². The fraction of sp³-hybridized carbons (Fsp3) is 0.956. The van der Waals surface area contributed by atoms with E-state index in [2.05, 4.69) is 13.8 Å². The molecule has 0 unspecified atom stereocenters. The van der Waals surface area contributed by atoms with Gasteiger partial charge in [-0.05, 0) is 12.8 Å². The highest BCUT2D eigenvalue weighted by atomic mass is 16.4. The van der Waals surface area contributed by atoms with Crippen LogP contribution in [-0.2, 0) is 9.59 Å². The Hall–Kier alpha value is -1.90. The third-order valence-electron chi connectivity index (χ3n) is 7.94. The molecule has 0 radical (unpaired) electrons. The van der Waals surface area contributed by atoms with E-state index in [1.165, 1.54) is 89.9 Å². The molecular formula is C45H104O25. The SMILES string of the molecule is CCCCCCCCCCCC(=O)O.CCCCCCCCCCCC(=O)O.OCC(O)CO.OCC(O)CO.OCC(O)CO.OCC(O)CO.OCC(O)CO.OCC(O)CO.OCC(O)CO. The number of unbranched alkanes of at least 4 members (excludes halogenated alkanes) is 16. The molecule has 0 fully saturated rings. The van der Waals surface area contributed by atoms with Gasteiger partial charge in [-0.1, -0.05) is 117 Å². The fourth-order valence-electron chi connectivity index (χ4n) is 3.58. The Morgan fingerprint density at radius 1 is 0.243 bits per heavy atom. The van der Waals surface area contributed by atoms with Crippen LogP contribution in [0, 0.1) is 0 Å². The lowest BCUT2D eigenvalue weighted by Crippen LogP contribution is -2.15. The van der Waals surface area contributed by atoms with Crippen LogP contribution in [0.5, 0.6) is 0 Å². The largest absolute Gasteiger partial charge is 0.481 e. The van der Waals surface area contributed by atoms with Gasteiger partial charge in [0.15, 0.2) is 0 Å². The summed E-state index contributed by atoms with van der Waals surface area (Å²) in [6.07, 6.45) is 16.3. The van der Waals surface area contributed by atoms with Crippen molar-refractivity contribution in [2.45, 2.75) is 185 Å². The van der Waals surface area contributed by atoms with Crippen molar-refractivity contribution in [3.63, 3.8) is 0 Å². The summed E-state index contributed by atoms with van der Waals surface area (Å²) < 4.78 is 0. The molecule has 23 N–H and O–H groups in total. The Bertz CT molecular complexity index is 712. The number of aliphatic hydroxyl groups is 21. The minimum Gasteiger partial charge on any atom is -0.481 e. The molecule has 434 valence electrons. The normalized spacial score (nSPS) is 10.1. The van der Waals surface area contributed by atoms with Crippen LogP contribution in [-0.4, -0.2) is 265 Å². The van der Waals surface area contributed by atoms with Crippen molar-refractivity contribution in [3.8, 4) is 0 Å². The zero-order chi connectivity index (χ0) is 56.2. The van der Waals surface area contributed by atoms with E-state index in [1.807, 2.05) is 0 Å². The van der Waals surface area contributed by atoms with Gasteiger partial charge in [-0.25, -0.2) is 0 Å². The van der Waals surface area contributed by atoms with Crippen LogP contribution in [0.25, 0.3) is 0 Å². The molecule has 0 saturated heterocycles. The molecule has 0 rings (SSSR count). The quantitative estimate of drug-likeness (QED) is 0.0276. The predicted molar refractivity (Wildman–Crippen MR) is 260 cm³/mol. The van der Waals surface area contributed by atoms with Crippen LogP contribution in [0.1, 0.15) is 142 Å². The molecule has 0 bridgehead atoms. The lowest BCUT2D eigenvalue weighted by molar-refractivity contribution is -0.138. The van der Waals surface area contributed by atoms with Crippen molar-refractivity contribution in [3.05, 3.63) is 0 Å². The predicted octanol–water partition coefficient (Wildman–Crippen LogP) is -3.69. The number of rotatable bonds is 34. The molecule has 0 aromatic rings. The van der Waals surface area contributed by atoms with E-state index in [1.54, 1.807) is 0 Å². The maximum Gasteiger partial charge on any atom is 0.303 e. The van der Waals surface area contributed by atoms with Crippen LogP contribution in [0.3, 0.4) is 0 Å². The monoisotopic (exact) mass is 1040 g/mol. The Morgan fingerprint density at radius 2 is 0.357 bits per heavy atom. The first kappa shape index (κ1) is 87.8. The summed E-state index contributed by atoms with van der Waals surface area (Å²) in [5.74, 6) is -1.32. The lowest BCUT2D eigenvalue weighted by atomic mass is 10.1. The highest BCUT2D eigenvalue weighted by molar-refractivity contribution is 5.66. The van der Waals surface area contributed by atoms with E-state index in [0.717, 1.165) is 25.7 Å². The first-order valence-electron chi connectivity index (χ1n) is 23.9. The van der Waals surface area contributed by atoms with Gasteiger partial charge in [0, 0.05) is 12.8 Å². The van der Waals surface area contributed by atoms with E-state index in [-0.39, 0.29) is 92.5 Å². The third-order valence-corrected chi connectivity index (χ3v) is 7.94. The molecule has 0 aliphatic rings. The van der Waals surface area contributed by atoms with Gasteiger partial charge < -0.3 is 117 Å². The van der Waals surface area contributed by atoms with Gasteiger partial charge in [-0.15, -0.1) is 0 Å². The summed E-state index contributed by atoms with van der Waals surface area (Å²) in [5.41, 5.74) is 0. The summed E-state index contributed by atoms with van der Waals surface area (Å²) in [5, 5.41) is 185. The molecular weight excluding hydrogens is 940 g/mol. The molecule has 70 heavy (non-hydrogen) atoms. The molecule has 0 amide bonds. The number of aliphatic carboxylic acids is 2. The number of aliphatic hydroxyl groups excluding tert-OH is 21. The standard InChI is InChI=1S/2C12H24O2.7C3H8O3/c2*1-2-3-4-5-6-7-8-9-10-11-12(13)14;7*4-1-3(6)2-5/h2*2-11H2,1H3,(H,13,14);7*3-6H,1-2H2. The number of carboxylic acids is 2. The maximum atomic E-state index is 10.2. The van der Waals surface area contributed by atoms with Crippen LogP contribution in [0.15, 0.2) is 0 Å². The number of hydrogen-bond donors (Lipinski definition) is 23. The van der Waals surface area contributed by atoms with Gasteiger partial charge in [0.2, 0.25) is 0 Å². The van der Waals surface area contributed by atoms with Crippen molar-refractivity contribution < 1.29 is 127 Å². The average Bonchev–Trinajstić information content (AvgIpc) is 3.39. The Morgan fingerprint density at radius 3 is 0.443 bits per heavy atom. The number of carbonyl (C=O) groups is 2. The third kappa shape index (κ3) is 121. The second kappa shape index (κ2) is 83.9. The van der Waals surface area contributed by atoms with E-state index in [9.17, 15) is 9.59 Å². The van der Waals surface area contributed by atoms with E-state index < -0.39 is 54.7 Å². The van der Waals surface area contributed by atoms with Crippen molar-refractivity contribution in [1.29, 1.82) is 0 Å². The summed E-state index contributed by atoms with van der Waals surface area (Å²) in [6, 6.07) is 0. The van der Waals surface area contributed by atoms with E-state index >= 15 is 0 Å². The van der Waals surface area contributed by atoms with Crippen molar-refractivity contribution in [2.24, 2.45) is 0 Å². The molecule has 0 aromatic carbocycles. The Kier molecular flexibility index (Phi) is 105. The molecule has 0 aliphatic carbocycles. The summed E-state index contributed by atoms with van der Waals surface area (Å²) in [7, 11) is 0. The molecule has 25 nitrogen and oxygen atoms in total. The van der Waals surface area contributed by atoms with Crippen LogP contribution in [0.2, 0.25) is 0 Å². The molecule has 0 saturated carbocycles. The molecule has 0 aromatic heterocycles. The van der Waals surface area contributed by atoms with E-state index in [4.69, 9.17) is 117 Å². The molecule has 0 spiro atoms. The number of carboxylic acid groups (broad SMARTS) is 2. The van der Waals surface area contributed by atoms with Gasteiger partial charge in [-0.3, -0.25) is 9.59 Å². The van der Waals surface area contributed by atoms with Crippen molar-refractivity contribution in [1.82, 2.24) is 0 Å². The zero-order valence-electron chi connectivity index (χ0n) is 42.2. The van der Waals surface area contributed by atoms with Gasteiger partial charge in [0.1, 0.15) is 42.7 Å².